The van der Waals surface area contributed by atoms with Crippen LogP contribution in [-0.2, 0) is 19.1 Å². The Bertz CT molecular complexity index is 452. The van der Waals surface area contributed by atoms with Gasteiger partial charge in [-0.3, -0.25) is 4.79 Å². The topological polar surface area (TPSA) is 78.6 Å². The molecular weight excluding hydrogens is 265 g/mol. The van der Waals surface area contributed by atoms with E-state index in [0.29, 0.717) is 0 Å². The van der Waals surface area contributed by atoms with E-state index >= 15 is 0 Å². The Hall–Kier alpha value is -1.69. The van der Waals surface area contributed by atoms with Gasteiger partial charge in [-0.2, -0.15) is 0 Å². The van der Waals surface area contributed by atoms with Gasteiger partial charge in [0.05, 0.1) is 5.92 Å². The van der Waals surface area contributed by atoms with Crippen LogP contribution in [0.4, 0.5) is 4.39 Å². The summed E-state index contributed by atoms with van der Waals surface area (Å²) in [5.74, 6) is -2.60. The third-order valence-corrected chi connectivity index (χ3v) is 4.02. The number of esters is 2. The van der Waals surface area contributed by atoms with Crippen LogP contribution in [0.1, 0.15) is 6.42 Å². The molecule has 0 amide bonds. The molecule has 0 bridgehead atoms. The molecule has 0 aliphatic heterocycles. The van der Waals surface area contributed by atoms with E-state index in [0.717, 1.165) is 0 Å². The Morgan fingerprint density at radius 3 is 2.50 bits per heavy atom. The van der Waals surface area contributed by atoms with Crippen LogP contribution in [0.25, 0.3) is 0 Å². The average Bonchev–Trinajstić information content (AvgIpc) is 3.08. The number of carbonyl (C=O) groups excluding carboxylic acids is 2. The molecule has 5 atom stereocenters. The Labute approximate surface area is 116 Å². The van der Waals surface area contributed by atoms with Gasteiger partial charge in [-0.15, -0.1) is 0 Å². The Morgan fingerprint density at radius 2 is 1.90 bits per heavy atom. The Kier molecular flexibility index (Phi) is 3.94. The van der Waals surface area contributed by atoms with E-state index in [4.69, 9.17) is 15.2 Å². The smallest absolute Gasteiger partial charge is 0.329 e. The molecule has 2 rings (SSSR count). The molecule has 2 fully saturated rings. The standard InChI is InChI=1S/C14H18FNO4/c1-3-5-19-12(17)10-8-7-9(15)14(16,11(8)10)13(18)20-6-4-2/h3-4,8-11H,1-2,5-7,16H2/t8-,9-,10-,11-,14-/m0/s1. The van der Waals surface area contributed by atoms with Crippen LogP contribution < -0.4 is 5.73 Å². The largest absolute Gasteiger partial charge is 0.461 e. The van der Waals surface area contributed by atoms with Crippen molar-refractivity contribution in [1.82, 2.24) is 0 Å². The van der Waals surface area contributed by atoms with Crippen molar-refractivity contribution in [3.8, 4) is 0 Å². The Morgan fingerprint density at radius 1 is 1.30 bits per heavy atom. The highest BCUT2D eigenvalue weighted by Crippen LogP contribution is 2.62. The predicted molar refractivity (Wildman–Crippen MR) is 69.2 cm³/mol. The van der Waals surface area contributed by atoms with Crippen LogP contribution in [0.5, 0.6) is 0 Å². The first-order valence-corrected chi connectivity index (χ1v) is 6.47. The van der Waals surface area contributed by atoms with Crippen LogP contribution in [0.15, 0.2) is 25.3 Å². The highest BCUT2D eigenvalue weighted by Gasteiger charge is 2.75. The van der Waals surface area contributed by atoms with Gasteiger partial charge >= 0.3 is 11.9 Å². The number of hydrogen-bond donors (Lipinski definition) is 1. The van der Waals surface area contributed by atoms with Gasteiger partial charge in [0, 0.05) is 5.92 Å². The summed E-state index contributed by atoms with van der Waals surface area (Å²) in [6.45, 7) is 6.91. The fourth-order valence-corrected chi connectivity index (χ4v) is 3.04. The lowest BCUT2D eigenvalue weighted by Gasteiger charge is -2.27. The molecule has 2 aliphatic rings. The van der Waals surface area contributed by atoms with E-state index in [1.807, 2.05) is 0 Å². The van der Waals surface area contributed by atoms with Crippen LogP contribution >= 0.6 is 0 Å². The number of nitrogens with two attached hydrogens (primary N) is 1. The zero-order valence-corrected chi connectivity index (χ0v) is 11.1. The van der Waals surface area contributed by atoms with Crippen molar-refractivity contribution in [1.29, 1.82) is 0 Å². The second kappa shape index (κ2) is 5.36. The monoisotopic (exact) mass is 283 g/mol. The molecule has 2 aliphatic carbocycles. The van der Waals surface area contributed by atoms with Gasteiger partial charge in [-0.1, -0.05) is 25.3 Å². The predicted octanol–water partition coefficient (Wildman–Crippen LogP) is 0.746. The first-order valence-electron chi connectivity index (χ1n) is 6.47. The average molecular weight is 283 g/mol. The van der Waals surface area contributed by atoms with Gasteiger partial charge in [-0.25, -0.2) is 9.18 Å². The third kappa shape index (κ3) is 2.14. The number of alkyl halides is 1. The van der Waals surface area contributed by atoms with Crippen molar-refractivity contribution in [2.45, 2.75) is 18.1 Å². The van der Waals surface area contributed by atoms with E-state index in [1.54, 1.807) is 0 Å². The maximum Gasteiger partial charge on any atom is 0.329 e. The molecule has 2 saturated carbocycles. The molecule has 2 N–H and O–H groups in total. The minimum absolute atomic E-state index is 0.0343. The zero-order chi connectivity index (χ0) is 14.9. The molecule has 0 saturated heterocycles. The van der Waals surface area contributed by atoms with E-state index in [1.165, 1.54) is 12.2 Å². The summed E-state index contributed by atoms with van der Waals surface area (Å²) in [4.78, 5) is 23.7. The Balaban J connectivity index is 2.06. The van der Waals surface area contributed by atoms with E-state index < -0.39 is 35.5 Å². The minimum Gasteiger partial charge on any atom is -0.461 e. The molecule has 0 unspecified atom stereocenters. The SMILES string of the molecule is C=CCOC(=O)[C@H]1[C@@H]2C[C@H](F)[C@@](N)(C(=O)OCC=C)[C@@H]21. The highest BCUT2D eigenvalue weighted by atomic mass is 19.1. The van der Waals surface area contributed by atoms with Crippen molar-refractivity contribution >= 4 is 11.9 Å². The molecule has 0 aromatic rings. The normalized spacial score (nSPS) is 37.7. The molecular formula is C14H18FNO4. The van der Waals surface area contributed by atoms with Gasteiger partial charge in [0.1, 0.15) is 24.9 Å². The van der Waals surface area contributed by atoms with Gasteiger partial charge < -0.3 is 15.2 Å². The molecule has 110 valence electrons. The fraction of sp³-hybridized carbons (Fsp3) is 0.571. The first-order chi connectivity index (χ1) is 9.48. The number of fused-ring (bicyclic) bond motifs is 1. The first kappa shape index (κ1) is 14.7. The second-order valence-corrected chi connectivity index (χ2v) is 5.16. The lowest BCUT2D eigenvalue weighted by atomic mass is 9.90. The number of carbonyl (C=O) groups is 2. The van der Waals surface area contributed by atoms with Gasteiger partial charge in [0.15, 0.2) is 0 Å². The summed E-state index contributed by atoms with van der Waals surface area (Å²) in [5.41, 5.74) is 4.16. The number of hydrogen-bond acceptors (Lipinski definition) is 5. The quantitative estimate of drug-likeness (QED) is 0.575. The number of halogens is 1. The lowest BCUT2D eigenvalue weighted by molar-refractivity contribution is -0.153. The minimum atomic E-state index is -1.76. The maximum atomic E-state index is 14.0. The molecule has 0 spiro atoms. The number of ether oxygens (including phenoxy) is 2. The fourth-order valence-electron chi connectivity index (χ4n) is 3.04. The van der Waals surface area contributed by atoms with Crippen LogP contribution in [-0.4, -0.2) is 36.9 Å². The highest BCUT2D eigenvalue weighted by molar-refractivity contribution is 5.87. The molecule has 0 radical (unpaired) electrons. The summed E-state index contributed by atoms with van der Waals surface area (Å²) in [6, 6.07) is 0. The third-order valence-electron chi connectivity index (χ3n) is 4.02. The van der Waals surface area contributed by atoms with Crippen molar-refractivity contribution in [3.63, 3.8) is 0 Å². The van der Waals surface area contributed by atoms with E-state index in [2.05, 4.69) is 13.2 Å². The molecule has 0 aromatic carbocycles. The molecule has 6 heteroatoms. The van der Waals surface area contributed by atoms with Gasteiger partial charge in [-0.05, 0) is 12.3 Å². The van der Waals surface area contributed by atoms with E-state index in [9.17, 15) is 14.0 Å². The molecule has 0 heterocycles. The van der Waals surface area contributed by atoms with Crippen LogP contribution in [0.2, 0.25) is 0 Å². The van der Waals surface area contributed by atoms with Crippen LogP contribution in [0, 0.1) is 17.8 Å². The van der Waals surface area contributed by atoms with Crippen molar-refractivity contribution < 1.29 is 23.5 Å². The van der Waals surface area contributed by atoms with Crippen LogP contribution in [0.3, 0.4) is 0 Å². The summed E-state index contributed by atoms with van der Waals surface area (Å²) in [5, 5.41) is 0. The summed E-state index contributed by atoms with van der Waals surface area (Å²) < 4.78 is 23.8. The summed E-state index contributed by atoms with van der Waals surface area (Å²) >= 11 is 0. The van der Waals surface area contributed by atoms with Crippen molar-refractivity contribution in [2.75, 3.05) is 13.2 Å². The second-order valence-electron chi connectivity index (χ2n) is 5.16. The zero-order valence-electron chi connectivity index (χ0n) is 11.1. The summed E-state index contributed by atoms with van der Waals surface area (Å²) in [6.07, 6.45) is 1.41. The van der Waals surface area contributed by atoms with Gasteiger partial charge in [0.2, 0.25) is 0 Å². The van der Waals surface area contributed by atoms with E-state index in [-0.39, 0.29) is 25.6 Å². The molecule has 5 nitrogen and oxygen atoms in total. The van der Waals surface area contributed by atoms with Gasteiger partial charge in [0.25, 0.3) is 0 Å². The molecule has 0 aromatic heterocycles. The van der Waals surface area contributed by atoms with Crippen molar-refractivity contribution in [2.24, 2.45) is 23.5 Å². The summed E-state index contributed by atoms with van der Waals surface area (Å²) in [7, 11) is 0. The van der Waals surface area contributed by atoms with Crippen molar-refractivity contribution in [3.05, 3.63) is 25.3 Å². The lowest BCUT2D eigenvalue weighted by Crippen LogP contribution is -2.57. The maximum absolute atomic E-state index is 14.0. The number of rotatable bonds is 6. The molecule has 20 heavy (non-hydrogen) atoms.